The molecule has 0 bridgehead atoms. The number of ether oxygens (including phenoxy) is 1. The van der Waals surface area contributed by atoms with Gasteiger partial charge in [-0.3, -0.25) is 4.79 Å². The molecule has 5 nitrogen and oxygen atoms in total. The third kappa shape index (κ3) is 4.85. The molecule has 0 aliphatic heterocycles. The predicted molar refractivity (Wildman–Crippen MR) is 87.8 cm³/mol. The number of carbonyl (C=O) groups is 1. The average Bonchev–Trinajstić information content (AvgIpc) is 2.45. The minimum Gasteiger partial charge on any atom is -0.484 e. The summed E-state index contributed by atoms with van der Waals surface area (Å²) in [4.78, 5) is 12.0. The van der Waals surface area contributed by atoms with E-state index < -0.39 is 9.84 Å². The van der Waals surface area contributed by atoms with Crippen molar-refractivity contribution in [1.29, 1.82) is 0 Å². The van der Waals surface area contributed by atoms with Gasteiger partial charge in [-0.25, -0.2) is 8.42 Å². The summed E-state index contributed by atoms with van der Waals surface area (Å²) in [6.07, 6.45) is 1.13. The molecule has 0 atom stereocenters. The van der Waals surface area contributed by atoms with Gasteiger partial charge in [-0.1, -0.05) is 22.0 Å². The fourth-order valence-electron chi connectivity index (χ4n) is 1.69. The number of hydrogen-bond acceptors (Lipinski definition) is 4. The normalized spacial score (nSPS) is 11.0. The molecule has 0 aliphatic rings. The molecule has 0 saturated carbocycles. The number of carbonyl (C=O) groups excluding carboxylic acids is 1. The monoisotopic (exact) mass is 383 g/mol. The van der Waals surface area contributed by atoms with Crippen LogP contribution in [-0.2, 0) is 14.6 Å². The highest BCUT2D eigenvalue weighted by Gasteiger charge is 2.08. The van der Waals surface area contributed by atoms with Crippen LogP contribution in [0.1, 0.15) is 0 Å². The van der Waals surface area contributed by atoms with Gasteiger partial charge in [0.2, 0.25) is 0 Å². The molecule has 0 aliphatic carbocycles. The molecule has 2 rings (SSSR count). The van der Waals surface area contributed by atoms with Crippen LogP contribution in [0.5, 0.6) is 5.75 Å². The second-order valence-corrected chi connectivity index (χ2v) is 7.52. The Labute approximate surface area is 137 Å². The summed E-state index contributed by atoms with van der Waals surface area (Å²) in [6.45, 7) is -0.135. The standard InChI is InChI=1S/C15H14BrNO4S/c1-22(19,20)14-7-5-12(6-8-14)17-15(18)10-21-13-4-2-3-11(16)9-13/h2-9H,10H2,1H3,(H,17,18). The molecule has 0 aromatic heterocycles. The molecule has 0 saturated heterocycles. The van der Waals surface area contributed by atoms with Gasteiger partial charge in [0.25, 0.3) is 5.91 Å². The first-order valence-electron chi connectivity index (χ1n) is 6.33. The first-order valence-corrected chi connectivity index (χ1v) is 9.01. The maximum atomic E-state index is 11.8. The Morgan fingerprint density at radius 3 is 2.45 bits per heavy atom. The van der Waals surface area contributed by atoms with Crippen molar-refractivity contribution in [3.05, 3.63) is 53.0 Å². The van der Waals surface area contributed by atoms with Crippen molar-refractivity contribution in [3.8, 4) is 5.75 Å². The molecule has 2 aromatic rings. The first-order chi connectivity index (χ1) is 10.3. The number of nitrogens with one attached hydrogen (secondary N) is 1. The van der Waals surface area contributed by atoms with E-state index in [2.05, 4.69) is 21.2 Å². The SMILES string of the molecule is CS(=O)(=O)c1ccc(NC(=O)COc2cccc(Br)c2)cc1. The molecule has 116 valence electrons. The van der Waals surface area contributed by atoms with E-state index in [-0.39, 0.29) is 17.4 Å². The lowest BCUT2D eigenvalue weighted by Crippen LogP contribution is -2.20. The van der Waals surface area contributed by atoms with E-state index in [4.69, 9.17) is 4.74 Å². The van der Waals surface area contributed by atoms with Crippen LogP contribution >= 0.6 is 15.9 Å². The molecular formula is C15H14BrNO4S. The Morgan fingerprint density at radius 1 is 1.18 bits per heavy atom. The van der Waals surface area contributed by atoms with Crippen LogP contribution < -0.4 is 10.1 Å². The minimum absolute atomic E-state index is 0.135. The summed E-state index contributed by atoms with van der Waals surface area (Å²) in [7, 11) is -3.24. The quantitative estimate of drug-likeness (QED) is 0.861. The zero-order chi connectivity index (χ0) is 16.2. The van der Waals surface area contributed by atoms with Gasteiger partial charge in [0.1, 0.15) is 5.75 Å². The van der Waals surface area contributed by atoms with E-state index in [9.17, 15) is 13.2 Å². The van der Waals surface area contributed by atoms with Crippen LogP contribution in [-0.4, -0.2) is 27.2 Å². The van der Waals surface area contributed by atoms with Crippen LogP contribution in [0.3, 0.4) is 0 Å². The Balaban J connectivity index is 1.92. The molecule has 1 amide bonds. The van der Waals surface area contributed by atoms with Gasteiger partial charge in [0.15, 0.2) is 16.4 Å². The highest BCUT2D eigenvalue weighted by molar-refractivity contribution is 9.10. The molecule has 0 radical (unpaired) electrons. The fourth-order valence-corrected chi connectivity index (χ4v) is 2.70. The van der Waals surface area contributed by atoms with Crippen LogP contribution in [0.2, 0.25) is 0 Å². The number of amides is 1. The van der Waals surface area contributed by atoms with Crippen molar-refractivity contribution in [2.45, 2.75) is 4.90 Å². The maximum absolute atomic E-state index is 11.8. The summed E-state index contributed by atoms with van der Waals surface area (Å²) in [5.74, 6) is 0.254. The summed E-state index contributed by atoms with van der Waals surface area (Å²) in [5.41, 5.74) is 0.509. The van der Waals surface area contributed by atoms with Crippen molar-refractivity contribution >= 4 is 37.4 Å². The Morgan fingerprint density at radius 2 is 1.86 bits per heavy atom. The number of halogens is 1. The van der Waals surface area contributed by atoms with E-state index in [0.717, 1.165) is 10.7 Å². The third-order valence-electron chi connectivity index (χ3n) is 2.73. The lowest BCUT2D eigenvalue weighted by Gasteiger charge is -2.08. The lowest BCUT2D eigenvalue weighted by molar-refractivity contribution is -0.118. The van der Waals surface area contributed by atoms with E-state index in [1.54, 1.807) is 18.2 Å². The van der Waals surface area contributed by atoms with Crippen LogP contribution in [0, 0.1) is 0 Å². The Kier molecular flexibility index (Phi) is 5.20. The summed E-state index contributed by atoms with van der Waals surface area (Å²) < 4.78 is 28.9. The lowest BCUT2D eigenvalue weighted by atomic mass is 10.3. The Hall–Kier alpha value is -1.86. The number of hydrogen-bond donors (Lipinski definition) is 1. The first kappa shape index (κ1) is 16.5. The van der Waals surface area contributed by atoms with Crippen molar-refractivity contribution in [3.63, 3.8) is 0 Å². The number of rotatable bonds is 5. The molecule has 0 fully saturated rings. The van der Waals surface area contributed by atoms with Crippen LogP contribution in [0.25, 0.3) is 0 Å². The summed E-state index contributed by atoms with van der Waals surface area (Å²) in [6, 6.07) is 13.1. The summed E-state index contributed by atoms with van der Waals surface area (Å²) in [5, 5.41) is 2.63. The van der Waals surface area contributed by atoms with Crippen molar-refractivity contribution in [2.24, 2.45) is 0 Å². The van der Waals surface area contributed by atoms with Gasteiger partial charge in [0, 0.05) is 16.4 Å². The highest BCUT2D eigenvalue weighted by atomic mass is 79.9. The third-order valence-corrected chi connectivity index (χ3v) is 4.35. The van der Waals surface area contributed by atoms with Gasteiger partial charge < -0.3 is 10.1 Å². The van der Waals surface area contributed by atoms with Gasteiger partial charge in [-0.15, -0.1) is 0 Å². The highest BCUT2D eigenvalue weighted by Crippen LogP contribution is 2.18. The van der Waals surface area contributed by atoms with Crippen LogP contribution in [0.4, 0.5) is 5.69 Å². The van der Waals surface area contributed by atoms with E-state index in [1.807, 2.05) is 6.07 Å². The molecular weight excluding hydrogens is 370 g/mol. The second-order valence-electron chi connectivity index (χ2n) is 4.59. The minimum atomic E-state index is -3.24. The molecule has 2 aromatic carbocycles. The van der Waals surface area contributed by atoms with E-state index in [1.165, 1.54) is 24.3 Å². The summed E-state index contributed by atoms with van der Waals surface area (Å²) >= 11 is 3.32. The topological polar surface area (TPSA) is 72.5 Å². The van der Waals surface area contributed by atoms with Crippen molar-refractivity contribution in [1.82, 2.24) is 0 Å². The predicted octanol–water partition coefficient (Wildman–Crippen LogP) is 2.87. The molecule has 22 heavy (non-hydrogen) atoms. The van der Waals surface area contributed by atoms with Crippen molar-refractivity contribution in [2.75, 3.05) is 18.2 Å². The van der Waals surface area contributed by atoms with E-state index in [0.29, 0.717) is 11.4 Å². The zero-order valence-corrected chi connectivity index (χ0v) is 14.1. The maximum Gasteiger partial charge on any atom is 0.262 e. The van der Waals surface area contributed by atoms with Gasteiger partial charge in [0.05, 0.1) is 4.90 Å². The van der Waals surface area contributed by atoms with Crippen LogP contribution in [0.15, 0.2) is 57.9 Å². The number of benzene rings is 2. The molecule has 0 spiro atoms. The number of anilines is 1. The molecule has 0 unspecified atom stereocenters. The number of sulfone groups is 1. The zero-order valence-electron chi connectivity index (χ0n) is 11.7. The van der Waals surface area contributed by atoms with Gasteiger partial charge >= 0.3 is 0 Å². The van der Waals surface area contributed by atoms with Gasteiger partial charge in [-0.2, -0.15) is 0 Å². The smallest absolute Gasteiger partial charge is 0.262 e. The van der Waals surface area contributed by atoms with E-state index >= 15 is 0 Å². The Bertz CT molecular complexity index is 772. The molecule has 7 heteroatoms. The second kappa shape index (κ2) is 6.93. The van der Waals surface area contributed by atoms with Crippen molar-refractivity contribution < 1.29 is 17.9 Å². The largest absolute Gasteiger partial charge is 0.484 e. The molecule has 0 heterocycles. The fraction of sp³-hybridized carbons (Fsp3) is 0.133. The molecule has 1 N–H and O–H groups in total. The average molecular weight is 384 g/mol. The van der Waals surface area contributed by atoms with Gasteiger partial charge in [-0.05, 0) is 42.5 Å².